The smallest absolute Gasteiger partial charge is 0.257 e. The first kappa shape index (κ1) is 17.6. The number of halogens is 1. The largest absolute Gasteiger partial charge is 0.394 e. The molecule has 0 aromatic heterocycles. The van der Waals surface area contributed by atoms with Crippen LogP contribution in [0.3, 0.4) is 0 Å². The molecule has 1 fully saturated rings. The van der Waals surface area contributed by atoms with Gasteiger partial charge in [0.25, 0.3) is 5.91 Å². The molecule has 2 rings (SSSR count). The molecule has 7 heteroatoms. The number of piperazine rings is 1. The molecule has 1 heterocycles. The normalized spacial score (nSPS) is 18.3. The summed E-state index contributed by atoms with van der Waals surface area (Å²) < 4.78 is 14.0. The van der Waals surface area contributed by atoms with Crippen LogP contribution in [0.1, 0.15) is 15.9 Å². The number of carbonyl (C=O) groups excluding carboxylic acids is 1. The zero-order valence-electron chi connectivity index (χ0n) is 13.0. The summed E-state index contributed by atoms with van der Waals surface area (Å²) in [6, 6.07) is 7.01. The van der Waals surface area contributed by atoms with Gasteiger partial charge in [-0.05, 0) is 18.2 Å². The molecule has 1 aromatic carbocycles. The summed E-state index contributed by atoms with van der Waals surface area (Å²) in [5, 5.41) is 26.8. The van der Waals surface area contributed by atoms with Crippen molar-refractivity contribution in [2.24, 2.45) is 0 Å². The zero-order chi connectivity index (χ0) is 17.5. The minimum atomic E-state index is -0.741. The molecule has 0 bridgehead atoms. The van der Waals surface area contributed by atoms with Gasteiger partial charge in [0.05, 0.1) is 35.9 Å². The van der Waals surface area contributed by atoms with Gasteiger partial charge in [-0.25, -0.2) is 4.39 Å². The Morgan fingerprint density at radius 1 is 1.42 bits per heavy atom. The van der Waals surface area contributed by atoms with Crippen molar-refractivity contribution in [1.82, 2.24) is 9.80 Å². The van der Waals surface area contributed by atoms with E-state index >= 15 is 0 Å². The molecule has 1 unspecified atom stereocenters. The van der Waals surface area contributed by atoms with Crippen molar-refractivity contribution in [1.29, 1.82) is 10.5 Å². The highest BCUT2D eigenvalue weighted by atomic mass is 19.1. The van der Waals surface area contributed by atoms with Crippen molar-refractivity contribution < 1.29 is 14.3 Å². The molecule has 1 atom stereocenters. The van der Waals surface area contributed by atoms with Crippen LogP contribution in [0, 0.1) is 28.5 Å². The van der Waals surface area contributed by atoms with E-state index in [2.05, 4.69) is 0 Å². The van der Waals surface area contributed by atoms with Crippen molar-refractivity contribution in [3.63, 3.8) is 0 Å². The highest BCUT2D eigenvalue weighted by Gasteiger charge is 2.31. The van der Waals surface area contributed by atoms with Gasteiger partial charge in [-0.2, -0.15) is 10.5 Å². The predicted molar refractivity (Wildman–Crippen MR) is 84.2 cm³/mol. The Bertz CT molecular complexity index is 720. The van der Waals surface area contributed by atoms with Gasteiger partial charge in [0.2, 0.25) is 0 Å². The summed E-state index contributed by atoms with van der Waals surface area (Å²) in [5.41, 5.74) is 0.0436. The van der Waals surface area contributed by atoms with Crippen LogP contribution in [0.15, 0.2) is 30.4 Å². The molecule has 124 valence electrons. The first-order chi connectivity index (χ1) is 11.6. The summed E-state index contributed by atoms with van der Waals surface area (Å²) in [4.78, 5) is 16.0. The quantitative estimate of drug-likeness (QED) is 0.829. The Labute approximate surface area is 139 Å². The van der Waals surface area contributed by atoms with E-state index in [1.807, 2.05) is 17.0 Å². The summed E-state index contributed by atoms with van der Waals surface area (Å²) in [7, 11) is 0. The van der Waals surface area contributed by atoms with E-state index < -0.39 is 17.8 Å². The second kappa shape index (κ2) is 8.21. The topological polar surface area (TPSA) is 91.4 Å². The number of hydrogen-bond acceptors (Lipinski definition) is 5. The van der Waals surface area contributed by atoms with Crippen molar-refractivity contribution in [2.75, 3.05) is 32.8 Å². The second-order valence-electron chi connectivity index (χ2n) is 5.43. The number of hydrogen-bond donors (Lipinski definition) is 1. The van der Waals surface area contributed by atoms with Gasteiger partial charge in [0, 0.05) is 32.3 Å². The maximum atomic E-state index is 14.0. The first-order valence-corrected chi connectivity index (χ1v) is 7.49. The van der Waals surface area contributed by atoms with E-state index in [1.165, 1.54) is 23.1 Å². The standard InChI is InChI=1S/C17H17FN4O2/c18-16-9-13(10-20)3-4-15(16)17(24)22-8-7-21(6-2-1-5-19)11-14(22)12-23/h1-4,9,14,23H,6-8,11-12H2. The van der Waals surface area contributed by atoms with Gasteiger partial charge < -0.3 is 10.0 Å². The van der Waals surface area contributed by atoms with Gasteiger partial charge in [-0.15, -0.1) is 0 Å². The average molecular weight is 328 g/mol. The Morgan fingerprint density at radius 2 is 2.21 bits per heavy atom. The van der Waals surface area contributed by atoms with Gasteiger partial charge in [-0.1, -0.05) is 6.08 Å². The molecule has 1 amide bonds. The van der Waals surface area contributed by atoms with Crippen molar-refractivity contribution in [2.45, 2.75) is 6.04 Å². The minimum Gasteiger partial charge on any atom is -0.394 e. The monoisotopic (exact) mass is 328 g/mol. The van der Waals surface area contributed by atoms with E-state index in [0.717, 1.165) is 6.07 Å². The number of aliphatic hydroxyl groups excluding tert-OH is 1. The lowest BCUT2D eigenvalue weighted by Crippen LogP contribution is -2.56. The summed E-state index contributed by atoms with van der Waals surface area (Å²) >= 11 is 0. The maximum absolute atomic E-state index is 14.0. The van der Waals surface area contributed by atoms with Gasteiger partial charge in [0.1, 0.15) is 5.82 Å². The molecule has 0 radical (unpaired) electrons. The number of nitrogens with zero attached hydrogens (tertiary/aromatic N) is 4. The van der Waals surface area contributed by atoms with Gasteiger partial charge in [0.15, 0.2) is 0 Å². The fourth-order valence-electron chi connectivity index (χ4n) is 2.68. The third-order valence-corrected chi connectivity index (χ3v) is 3.92. The fraction of sp³-hybridized carbons (Fsp3) is 0.353. The third-order valence-electron chi connectivity index (χ3n) is 3.92. The van der Waals surface area contributed by atoms with E-state index in [4.69, 9.17) is 10.5 Å². The van der Waals surface area contributed by atoms with Crippen LogP contribution in [-0.2, 0) is 0 Å². The number of amides is 1. The molecular weight excluding hydrogens is 311 g/mol. The lowest BCUT2D eigenvalue weighted by atomic mass is 10.1. The predicted octanol–water partition coefficient (Wildman–Crippen LogP) is 0.896. The van der Waals surface area contributed by atoms with E-state index in [0.29, 0.717) is 26.2 Å². The minimum absolute atomic E-state index is 0.106. The molecular formula is C17H17FN4O2. The Balaban J connectivity index is 2.11. The maximum Gasteiger partial charge on any atom is 0.257 e. The highest BCUT2D eigenvalue weighted by Crippen LogP contribution is 2.17. The summed E-state index contributed by atoms with van der Waals surface area (Å²) in [6.45, 7) is 1.68. The van der Waals surface area contributed by atoms with Gasteiger partial charge >= 0.3 is 0 Å². The molecule has 0 spiro atoms. The second-order valence-corrected chi connectivity index (χ2v) is 5.43. The Morgan fingerprint density at radius 3 is 2.83 bits per heavy atom. The summed E-state index contributed by atoms with van der Waals surface area (Å²) in [5.74, 6) is -1.24. The first-order valence-electron chi connectivity index (χ1n) is 7.49. The molecule has 6 nitrogen and oxygen atoms in total. The number of rotatable bonds is 4. The number of benzene rings is 1. The van der Waals surface area contributed by atoms with E-state index in [9.17, 15) is 14.3 Å². The zero-order valence-corrected chi connectivity index (χ0v) is 13.0. The van der Waals surface area contributed by atoms with Crippen LogP contribution >= 0.6 is 0 Å². The van der Waals surface area contributed by atoms with Crippen molar-refractivity contribution in [3.05, 3.63) is 47.3 Å². The molecule has 1 aromatic rings. The van der Waals surface area contributed by atoms with Crippen molar-refractivity contribution in [3.8, 4) is 12.1 Å². The highest BCUT2D eigenvalue weighted by molar-refractivity contribution is 5.95. The van der Waals surface area contributed by atoms with E-state index in [-0.39, 0.29) is 17.7 Å². The molecule has 0 aliphatic carbocycles. The van der Waals surface area contributed by atoms with Crippen LogP contribution in [0.5, 0.6) is 0 Å². The lowest BCUT2D eigenvalue weighted by molar-refractivity contribution is 0.0322. The average Bonchev–Trinajstić information content (AvgIpc) is 2.61. The van der Waals surface area contributed by atoms with Crippen LogP contribution in [-0.4, -0.2) is 59.6 Å². The lowest BCUT2D eigenvalue weighted by Gasteiger charge is -2.40. The molecule has 24 heavy (non-hydrogen) atoms. The number of nitriles is 2. The number of carbonyl (C=O) groups is 1. The molecule has 0 saturated carbocycles. The number of allylic oxidation sites excluding steroid dienone is 1. The van der Waals surface area contributed by atoms with Gasteiger partial charge in [-0.3, -0.25) is 9.69 Å². The Hall–Kier alpha value is -2.74. The molecule has 1 aliphatic rings. The molecule has 1 N–H and O–H groups in total. The van der Waals surface area contributed by atoms with Crippen LogP contribution < -0.4 is 0 Å². The Kier molecular flexibility index (Phi) is 6.02. The SMILES string of the molecule is N#CC=CCN1CCN(C(=O)c2ccc(C#N)cc2F)C(CO)C1. The fourth-order valence-corrected chi connectivity index (χ4v) is 2.68. The van der Waals surface area contributed by atoms with Crippen molar-refractivity contribution >= 4 is 5.91 Å². The summed E-state index contributed by atoms with van der Waals surface area (Å²) in [6.07, 6.45) is 3.10. The number of aliphatic hydroxyl groups is 1. The van der Waals surface area contributed by atoms with E-state index in [1.54, 1.807) is 6.08 Å². The van der Waals surface area contributed by atoms with Crippen LogP contribution in [0.4, 0.5) is 4.39 Å². The third kappa shape index (κ3) is 3.96. The van der Waals surface area contributed by atoms with Crippen LogP contribution in [0.25, 0.3) is 0 Å². The van der Waals surface area contributed by atoms with Crippen LogP contribution in [0.2, 0.25) is 0 Å². The molecule has 1 aliphatic heterocycles. The molecule has 1 saturated heterocycles.